The first-order chi connectivity index (χ1) is 5.70. The number of nitrogens with zero attached hydrogens (tertiary/aromatic N) is 1. The molecule has 1 atom stereocenters. The maximum atomic E-state index is 11.4. The van der Waals surface area contributed by atoms with Crippen LogP contribution in [0.25, 0.3) is 0 Å². The minimum Gasteiger partial charge on any atom is -0.491 e. The van der Waals surface area contributed by atoms with E-state index in [9.17, 15) is 4.79 Å². The van der Waals surface area contributed by atoms with Crippen molar-refractivity contribution in [2.24, 2.45) is 4.99 Å². The Morgan fingerprint density at radius 1 is 1.50 bits per heavy atom. The molecule has 1 heterocycles. The zero-order valence-electron chi connectivity index (χ0n) is 7.33. The maximum absolute atomic E-state index is 11.4. The van der Waals surface area contributed by atoms with Crippen molar-refractivity contribution in [3.8, 4) is 0 Å². The van der Waals surface area contributed by atoms with E-state index in [2.05, 4.69) is 4.99 Å². The van der Waals surface area contributed by atoms with Gasteiger partial charge in [0.2, 0.25) is 5.78 Å². The summed E-state index contributed by atoms with van der Waals surface area (Å²) in [5.74, 6) is 0.0694. The minimum atomic E-state index is -0.579. The van der Waals surface area contributed by atoms with Gasteiger partial charge in [0.25, 0.3) is 0 Å². The largest absolute Gasteiger partial charge is 0.491 e. The summed E-state index contributed by atoms with van der Waals surface area (Å²) in [5, 5.41) is 0. The van der Waals surface area contributed by atoms with E-state index in [1.54, 1.807) is 6.92 Å². The zero-order valence-corrected chi connectivity index (χ0v) is 7.33. The number of ketones is 1. The molecule has 4 nitrogen and oxygen atoms in total. The lowest BCUT2D eigenvalue weighted by molar-refractivity contribution is -0.124. The van der Waals surface area contributed by atoms with Gasteiger partial charge in [0.1, 0.15) is 0 Å². The molecular weight excluding hydrogens is 158 g/mol. The Kier molecular flexibility index (Phi) is 2.60. The Morgan fingerprint density at radius 2 is 2.17 bits per heavy atom. The Hall–Kier alpha value is -1.16. The number of hydrogen-bond donors (Lipinski definition) is 0. The Labute approximate surface area is 70.9 Å². The maximum Gasteiger partial charge on any atom is 0.233 e. The van der Waals surface area contributed by atoms with E-state index in [1.165, 1.54) is 20.4 Å². The lowest BCUT2D eigenvalue weighted by Gasteiger charge is -2.17. The number of carbonyl (C=O) groups is 1. The van der Waals surface area contributed by atoms with Gasteiger partial charge in [0.05, 0.1) is 19.0 Å². The Morgan fingerprint density at radius 3 is 2.67 bits per heavy atom. The lowest BCUT2D eigenvalue weighted by atomic mass is 10.1. The van der Waals surface area contributed by atoms with Crippen LogP contribution in [0.3, 0.4) is 0 Å². The van der Waals surface area contributed by atoms with Gasteiger partial charge in [-0.2, -0.15) is 0 Å². The van der Waals surface area contributed by atoms with Gasteiger partial charge in [-0.05, 0) is 6.92 Å². The normalized spacial score (nSPS) is 23.2. The van der Waals surface area contributed by atoms with Crippen LogP contribution in [0.5, 0.6) is 0 Å². The summed E-state index contributed by atoms with van der Waals surface area (Å²) in [6, 6.07) is 0. The SMILES string of the molecule is COC1=CN=C(C)C(OC)C1=O. The van der Waals surface area contributed by atoms with Gasteiger partial charge in [-0.15, -0.1) is 0 Å². The fourth-order valence-electron chi connectivity index (χ4n) is 1.04. The van der Waals surface area contributed by atoms with E-state index in [4.69, 9.17) is 9.47 Å². The predicted octanol–water partition coefficient (Wildman–Crippen LogP) is 0.533. The molecule has 0 aromatic heterocycles. The summed E-state index contributed by atoms with van der Waals surface area (Å²) in [5.41, 5.74) is 0.656. The zero-order chi connectivity index (χ0) is 9.14. The van der Waals surface area contributed by atoms with E-state index >= 15 is 0 Å². The van der Waals surface area contributed by atoms with Crippen LogP contribution in [0, 0.1) is 0 Å². The van der Waals surface area contributed by atoms with Crippen molar-refractivity contribution in [2.75, 3.05) is 14.2 Å². The topological polar surface area (TPSA) is 47.9 Å². The average molecular weight is 169 g/mol. The molecule has 1 aliphatic rings. The molecule has 66 valence electrons. The summed E-state index contributed by atoms with van der Waals surface area (Å²) in [6.45, 7) is 1.75. The monoisotopic (exact) mass is 169 g/mol. The van der Waals surface area contributed by atoms with E-state index in [1.807, 2.05) is 0 Å². The molecule has 12 heavy (non-hydrogen) atoms. The van der Waals surface area contributed by atoms with Crippen molar-refractivity contribution < 1.29 is 14.3 Å². The van der Waals surface area contributed by atoms with Gasteiger partial charge in [-0.25, -0.2) is 0 Å². The summed E-state index contributed by atoms with van der Waals surface area (Å²) in [7, 11) is 2.91. The molecular formula is C8H11NO3. The third-order valence-electron chi connectivity index (χ3n) is 1.70. The van der Waals surface area contributed by atoms with Crippen molar-refractivity contribution >= 4 is 11.5 Å². The molecule has 0 saturated carbocycles. The average Bonchev–Trinajstić information content (AvgIpc) is 2.06. The molecule has 0 radical (unpaired) electrons. The number of hydrogen-bond acceptors (Lipinski definition) is 4. The fraction of sp³-hybridized carbons (Fsp3) is 0.500. The van der Waals surface area contributed by atoms with Crippen LogP contribution in [0.15, 0.2) is 17.0 Å². The van der Waals surface area contributed by atoms with Crippen molar-refractivity contribution in [1.82, 2.24) is 0 Å². The van der Waals surface area contributed by atoms with Gasteiger partial charge >= 0.3 is 0 Å². The number of ether oxygens (including phenoxy) is 2. The van der Waals surface area contributed by atoms with Crippen LogP contribution < -0.4 is 0 Å². The summed E-state index contributed by atoms with van der Waals surface area (Å²) in [4.78, 5) is 15.4. The number of aliphatic imine (C=N–C) groups is 1. The molecule has 0 fully saturated rings. The van der Waals surface area contributed by atoms with E-state index in [0.717, 1.165) is 0 Å². The van der Waals surface area contributed by atoms with Gasteiger partial charge in [-0.3, -0.25) is 9.79 Å². The molecule has 1 rings (SSSR count). The number of rotatable bonds is 2. The van der Waals surface area contributed by atoms with Crippen LogP contribution in [0.2, 0.25) is 0 Å². The molecule has 0 aromatic rings. The molecule has 0 spiro atoms. The highest BCUT2D eigenvalue weighted by atomic mass is 16.5. The van der Waals surface area contributed by atoms with Crippen LogP contribution in [-0.2, 0) is 14.3 Å². The molecule has 1 aliphatic heterocycles. The minimum absolute atomic E-state index is 0.174. The van der Waals surface area contributed by atoms with Gasteiger partial charge < -0.3 is 9.47 Å². The molecule has 0 aliphatic carbocycles. The molecule has 0 amide bonds. The Balaban J connectivity index is 2.92. The van der Waals surface area contributed by atoms with Crippen LogP contribution in [0.4, 0.5) is 0 Å². The fourth-order valence-corrected chi connectivity index (χ4v) is 1.04. The number of Topliss-reactive ketones (excluding diaryl/α,β-unsaturated/α-hetero) is 1. The predicted molar refractivity (Wildman–Crippen MR) is 44.0 cm³/mol. The highest BCUT2D eigenvalue weighted by Gasteiger charge is 2.27. The third kappa shape index (κ3) is 1.38. The van der Waals surface area contributed by atoms with Crippen LogP contribution in [-0.4, -0.2) is 31.8 Å². The van der Waals surface area contributed by atoms with Crippen molar-refractivity contribution in [3.05, 3.63) is 12.0 Å². The molecule has 0 aromatic carbocycles. The Bertz CT molecular complexity index is 255. The van der Waals surface area contributed by atoms with E-state index in [0.29, 0.717) is 5.71 Å². The van der Waals surface area contributed by atoms with Gasteiger partial charge in [0.15, 0.2) is 11.9 Å². The van der Waals surface area contributed by atoms with Crippen LogP contribution >= 0.6 is 0 Å². The second kappa shape index (κ2) is 3.49. The second-order valence-corrected chi connectivity index (χ2v) is 2.45. The van der Waals surface area contributed by atoms with E-state index < -0.39 is 6.10 Å². The third-order valence-corrected chi connectivity index (χ3v) is 1.70. The second-order valence-electron chi connectivity index (χ2n) is 2.45. The number of methoxy groups -OCH3 is 2. The van der Waals surface area contributed by atoms with Crippen LogP contribution in [0.1, 0.15) is 6.92 Å². The number of carbonyl (C=O) groups excluding carboxylic acids is 1. The van der Waals surface area contributed by atoms with E-state index in [-0.39, 0.29) is 11.5 Å². The first-order valence-electron chi connectivity index (χ1n) is 3.56. The summed E-state index contributed by atoms with van der Waals surface area (Å²) >= 11 is 0. The molecule has 4 heteroatoms. The molecule has 1 unspecified atom stereocenters. The first-order valence-corrected chi connectivity index (χ1v) is 3.56. The van der Waals surface area contributed by atoms with Gasteiger partial charge in [0, 0.05) is 7.11 Å². The van der Waals surface area contributed by atoms with Crippen molar-refractivity contribution in [2.45, 2.75) is 13.0 Å². The molecule has 0 saturated heterocycles. The molecule has 0 N–H and O–H groups in total. The van der Waals surface area contributed by atoms with Crippen molar-refractivity contribution in [3.63, 3.8) is 0 Å². The van der Waals surface area contributed by atoms with Gasteiger partial charge in [-0.1, -0.05) is 0 Å². The quantitative estimate of drug-likeness (QED) is 0.606. The lowest BCUT2D eigenvalue weighted by Crippen LogP contribution is -2.34. The first kappa shape index (κ1) is 8.93. The van der Waals surface area contributed by atoms with Crippen molar-refractivity contribution in [1.29, 1.82) is 0 Å². The summed E-state index contributed by atoms with van der Waals surface area (Å²) in [6.07, 6.45) is 0.831. The standard InChI is InChI=1S/C8H11NO3/c1-5-8(12-3)7(10)6(11-2)4-9-5/h4,8H,1-3H3. The highest BCUT2D eigenvalue weighted by Crippen LogP contribution is 2.11. The summed E-state index contributed by atoms with van der Waals surface area (Å²) < 4.78 is 9.75. The smallest absolute Gasteiger partial charge is 0.233 e. The molecule has 0 bridgehead atoms. The highest BCUT2D eigenvalue weighted by molar-refractivity contribution is 6.15.